The van der Waals surface area contributed by atoms with E-state index in [2.05, 4.69) is 193 Å². The molecule has 0 aliphatic heterocycles. The van der Waals surface area contributed by atoms with Gasteiger partial charge in [-0.15, -0.1) is 0 Å². The molecule has 1 atom stereocenters. The molecule has 0 N–H and O–H groups in total. The minimum atomic E-state index is -0.519. The Morgan fingerprint density at radius 2 is 0.911 bits per heavy atom. The molecule has 0 saturated carbocycles. The lowest BCUT2D eigenvalue weighted by Gasteiger charge is -2.34. The van der Waals surface area contributed by atoms with Crippen molar-refractivity contribution in [1.29, 1.82) is 0 Å². The van der Waals surface area contributed by atoms with E-state index < -0.39 is 5.41 Å². The van der Waals surface area contributed by atoms with E-state index in [-0.39, 0.29) is 0 Å². The molecule has 2 heterocycles. The molecule has 9 aromatic carbocycles. The molecule has 0 bridgehead atoms. The zero-order valence-electron chi connectivity index (χ0n) is 30.3. The summed E-state index contributed by atoms with van der Waals surface area (Å²) in [6.45, 7) is 0. The van der Waals surface area contributed by atoms with E-state index in [4.69, 9.17) is 8.83 Å². The van der Waals surface area contributed by atoms with Crippen molar-refractivity contribution in [3.63, 3.8) is 0 Å². The van der Waals surface area contributed by atoms with Crippen LogP contribution in [0.4, 0.5) is 17.1 Å². The maximum atomic E-state index is 6.73. The standard InChI is InChI=1S/C53H33NO2/c1-3-15-36(16-4-1)53(47-21-11-9-19-41(47)45-29-34-13-7-8-14-35(34)30-48(45)53)37-23-28-50-46(31-37)44-27-25-40(33-52(44)56-50)54(38-17-5-2-6-18-38)39-24-26-43-42-20-10-12-22-49(42)55-51(43)32-39/h1-33H. The molecule has 1 aliphatic carbocycles. The Labute approximate surface area is 323 Å². The molecular formula is C53H33NO2. The summed E-state index contributed by atoms with van der Waals surface area (Å²) in [5.41, 5.74) is 13.6. The van der Waals surface area contributed by atoms with Crippen molar-refractivity contribution in [2.75, 3.05) is 4.90 Å². The lowest BCUT2D eigenvalue weighted by atomic mass is 9.67. The van der Waals surface area contributed by atoms with Crippen molar-refractivity contribution in [1.82, 2.24) is 0 Å². The number of anilines is 3. The third-order valence-corrected chi connectivity index (χ3v) is 11.9. The van der Waals surface area contributed by atoms with Crippen LogP contribution in [-0.2, 0) is 5.41 Å². The van der Waals surface area contributed by atoms with Crippen LogP contribution in [0.25, 0.3) is 65.8 Å². The Bertz CT molecular complexity index is 3320. The Morgan fingerprint density at radius 1 is 0.321 bits per heavy atom. The van der Waals surface area contributed by atoms with Gasteiger partial charge in [-0.2, -0.15) is 0 Å². The smallest absolute Gasteiger partial charge is 0.137 e. The van der Waals surface area contributed by atoms with Gasteiger partial charge in [0.25, 0.3) is 0 Å². The molecule has 0 spiro atoms. The van der Waals surface area contributed by atoms with E-state index in [9.17, 15) is 0 Å². The minimum Gasteiger partial charge on any atom is -0.456 e. The van der Waals surface area contributed by atoms with Gasteiger partial charge in [0.1, 0.15) is 22.3 Å². The molecule has 1 aliphatic rings. The molecular weight excluding hydrogens is 683 g/mol. The second-order valence-corrected chi connectivity index (χ2v) is 14.8. The predicted molar refractivity (Wildman–Crippen MR) is 230 cm³/mol. The Morgan fingerprint density at radius 3 is 1.68 bits per heavy atom. The first-order valence-corrected chi connectivity index (χ1v) is 19.2. The highest BCUT2D eigenvalue weighted by atomic mass is 16.3. The lowest BCUT2D eigenvalue weighted by Crippen LogP contribution is -2.28. The monoisotopic (exact) mass is 715 g/mol. The summed E-state index contributed by atoms with van der Waals surface area (Å²) in [6, 6.07) is 72.1. The van der Waals surface area contributed by atoms with Crippen LogP contribution in [-0.4, -0.2) is 0 Å². The summed E-state index contributed by atoms with van der Waals surface area (Å²) < 4.78 is 13.1. The largest absolute Gasteiger partial charge is 0.456 e. The van der Waals surface area contributed by atoms with Gasteiger partial charge in [0.2, 0.25) is 0 Å². The van der Waals surface area contributed by atoms with Gasteiger partial charge in [0.15, 0.2) is 0 Å². The fourth-order valence-corrected chi connectivity index (χ4v) is 9.46. The average molecular weight is 716 g/mol. The van der Waals surface area contributed by atoms with E-state index in [0.717, 1.165) is 60.9 Å². The van der Waals surface area contributed by atoms with Gasteiger partial charge in [-0.25, -0.2) is 0 Å². The quantitative estimate of drug-likeness (QED) is 0.178. The predicted octanol–water partition coefficient (Wildman–Crippen LogP) is 14.5. The second kappa shape index (κ2) is 11.8. The average Bonchev–Trinajstić information content (AvgIpc) is 3.91. The molecule has 11 aromatic rings. The Kier molecular flexibility index (Phi) is 6.55. The SMILES string of the molecule is c1ccc(N(c2ccc3c(c2)oc2ccccc23)c2ccc3c(c2)oc2ccc(C4(c5ccccc5)c5ccccc5-c5cc6ccccc6cc54)cc23)cc1. The highest BCUT2D eigenvalue weighted by molar-refractivity contribution is 6.08. The summed E-state index contributed by atoms with van der Waals surface area (Å²) in [5.74, 6) is 0. The number of rotatable bonds is 5. The van der Waals surface area contributed by atoms with Crippen LogP contribution in [0.5, 0.6) is 0 Å². The summed E-state index contributed by atoms with van der Waals surface area (Å²) in [7, 11) is 0. The zero-order valence-corrected chi connectivity index (χ0v) is 30.3. The van der Waals surface area contributed by atoms with Gasteiger partial charge >= 0.3 is 0 Å². The highest BCUT2D eigenvalue weighted by Crippen LogP contribution is 2.57. The summed E-state index contributed by atoms with van der Waals surface area (Å²) in [6.07, 6.45) is 0. The molecule has 1 unspecified atom stereocenters. The summed E-state index contributed by atoms with van der Waals surface area (Å²) in [4.78, 5) is 2.27. The fraction of sp³-hybridized carbons (Fsp3) is 0.0189. The fourth-order valence-electron chi connectivity index (χ4n) is 9.46. The molecule has 2 aromatic heterocycles. The number of fused-ring (bicyclic) bond motifs is 10. The maximum Gasteiger partial charge on any atom is 0.137 e. The highest BCUT2D eigenvalue weighted by Gasteiger charge is 2.46. The molecule has 0 fully saturated rings. The first-order chi connectivity index (χ1) is 27.7. The molecule has 0 saturated heterocycles. The van der Waals surface area contributed by atoms with Crippen molar-refractivity contribution in [3.05, 3.63) is 222 Å². The number of nitrogens with zero attached hydrogens (tertiary/aromatic N) is 1. The van der Waals surface area contributed by atoms with Crippen LogP contribution in [0.2, 0.25) is 0 Å². The summed E-state index contributed by atoms with van der Waals surface area (Å²) >= 11 is 0. The van der Waals surface area contributed by atoms with Gasteiger partial charge in [-0.05, 0) is 111 Å². The molecule has 12 rings (SSSR count). The normalized spacial score (nSPS) is 14.9. The van der Waals surface area contributed by atoms with Crippen LogP contribution in [0.1, 0.15) is 22.3 Å². The van der Waals surface area contributed by atoms with Gasteiger partial charge < -0.3 is 13.7 Å². The molecule has 56 heavy (non-hydrogen) atoms. The number of furan rings is 2. The van der Waals surface area contributed by atoms with E-state index in [1.807, 2.05) is 12.1 Å². The molecule has 3 heteroatoms. The van der Waals surface area contributed by atoms with Gasteiger partial charge in [-0.3, -0.25) is 0 Å². The van der Waals surface area contributed by atoms with E-state index >= 15 is 0 Å². The van der Waals surface area contributed by atoms with Crippen LogP contribution >= 0.6 is 0 Å². The number of hydrogen-bond acceptors (Lipinski definition) is 3. The number of para-hydroxylation sites is 2. The third kappa shape index (κ3) is 4.40. The van der Waals surface area contributed by atoms with E-state index in [1.165, 1.54) is 44.2 Å². The van der Waals surface area contributed by atoms with Gasteiger partial charge in [0, 0.05) is 50.7 Å². The van der Waals surface area contributed by atoms with E-state index in [0.29, 0.717) is 0 Å². The maximum absolute atomic E-state index is 6.73. The molecule has 3 nitrogen and oxygen atoms in total. The molecule has 0 amide bonds. The van der Waals surface area contributed by atoms with Crippen molar-refractivity contribution < 1.29 is 8.83 Å². The molecule has 0 radical (unpaired) electrons. The first kappa shape index (κ1) is 31.0. The molecule has 262 valence electrons. The van der Waals surface area contributed by atoms with E-state index in [1.54, 1.807) is 0 Å². The van der Waals surface area contributed by atoms with Gasteiger partial charge in [-0.1, -0.05) is 121 Å². The zero-order chi connectivity index (χ0) is 36.8. The van der Waals surface area contributed by atoms with Crippen molar-refractivity contribution in [2.24, 2.45) is 0 Å². The van der Waals surface area contributed by atoms with Crippen LogP contribution < -0.4 is 4.90 Å². The van der Waals surface area contributed by atoms with Crippen molar-refractivity contribution in [2.45, 2.75) is 5.41 Å². The minimum absolute atomic E-state index is 0.519. The van der Waals surface area contributed by atoms with Crippen LogP contribution in [0.3, 0.4) is 0 Å². The van der Waals surface area contributed by atoms with Gasteiger partial charge in [0.05, 0.1) is 5.41 Å². The summed E-state index contributed by atoms with van der Waals surface area (Å²) in [5, 5.41) is 6.90. The van der Waals surface area contributed by atoms with Crippen molar-refractivity contribution in [3.8, 4) is 11.1 Å². The second-order valence-electron chi connectivity index (χ2n) is 14.8. The first-order valence-electron chi connectivity index (χ1n) is 19.2. The van der Waals surface area contributed by atoms with Crippen LogP contribution in [0, 0.1) is 0 Å². The van der Waals surface area contributed by atoms with Crippen molar-refractivity contribution >= 4 is 71.7 Å². The number of hydrogen-bond donors (Lipinski definition) is 0. The number of benzene rings is 9. The Balaban J connectivity index is 1.06. The van der Waals surface area contributed by atoms with Crippen LogP contribution in [0.15, 0.2) is 209 Å². The third-order valence-electron chi connectivity index (χ3n) is 11.9. The lowest BCUT2D eigenvalue weighted by molar-refractivity contribution is 0.668. The topological polar surface area (TPSA) is 29.5 Å². The Hall–Kier alpha value is -7.36.